The van der Waals surface area contributed by atoms with E-state index >= 15 is 0 Å². The highest BCUT2D eigenvalue weighted by molar-refractivity contribution is 5.84. The first-order valence-corrected chi connectivity index (χ1v) is 5.81. The van der Waals surface area contributed by atoms with E-state index in [2.05, 4.69) is 15.0 Å². The molecule has 2 aromatic rings. The Balaban J connectivity index is 2.12. The second-order valence-corrected chi connectivity index (χ2v) is 3.94. The Bertz CT molecular complexity index is 591. The van der Waals surface area contributed by atoms with Crippen molar-refractivity contribution in [1.29, 1.82) is 0 Å². The van der Waals surface area contributed by atoms with E-state index in [1.165, 1.54) is 0 Å². The van der Waals surface area contributed by atoms with Gasteiger partial charge >= 0.3 is 0 Å². The van der Waals surface area contributed by atoms with Gasteiger partial charge in [-0.1, -0.05) is 23.3 Å². The Morgan fingerprint density at radius 1 is 1.33 bits per heavy atom. The summed E-state index contributed by atoms with van der Waals surface area (Å²) in [6.45, 7) is 2.93. The van der Waals surface area contributed by atoms with Crippen molar-refractivity contribution >= 4 is 10.9 Å². The second kappa shape index (κ2) is 5.89. The van der Waals surface area contributed by atoms with E-state index < -0.39 is 0 Å². The summed E-state index contributed by atoms with van der Waals surface area (Å²) in [5.74, 6) is 0.775. The van der Waals surface area contributed by atoms with Crippen LogP contribution in [0.4, 0.5) is 0 Å². The van der Waals surface area contributed by atoms with Gasteiger partial charge in [0.05, 0.1) is 6.61 Å². The first-order chi connectivity index (χ1) is 8.81. The smallest absolute Gasteiger partial charge is 0.145 e. The van der Waals surface area contributed by atoms with Crippen LogP contribution < -0.4 is 4.74 Å². The van der Waals surface area contributed by atoms with Crippen LogP contribution in [0.2, 0.25) is 0 Å². The van der Waals surface area contributed by atoms with Gasteiger partial charge in [-0.3, -0.25) is 0 Å². The number of para-hydroxylation sites is 1. The average Bonchev–Trinajstić information content (AvgIpc) is 2.39. The van der Waals surface area contributed by atoms with Gasteiger partial charge in [0.1, 0.15) is 11.3 Å². The predicted molar refractivity (Wildman–Crippen MR) is 70.6 cm³/mol. The topological polar surface area (TPSA) is 70.9 Å². The van der Waals surface area contributed by atoms with Gasteiger partial charge in [0.15, 0.2) is 0 Å². The number of benzene rings is 1. The molecule has 1 heterocycles. The van der Waals surface area contributed by atoms with E-state index in [0.717, 1.165) is 22.3 Å². The number of ether oxygens (including phenoxy) is 1. The van der Waals surface area contributed by atoms with Gasteiger partial charge in [0.2, 0.25) is 0 Å². The van der Waals surface area contributed by atoms with E-state index in [1.807, 2.05) is 37.3 Å². The van der Waals surface area contributed by atoms with Crippen molar-refractivity contribution in [2.24, 2.45) is 5.11 Å². The van der Waals surface area contributed by atoms with Gasteiger partial charge in [0.25, 0.3) is 0 Å². The Kier molecular flexibility index (Phi) is 3.99. The predicted octanol–water partition coefficient (Wildman–Crippen LogP) is 3.62. The molecule has 0 saturated heterocycles. The average molecular weight is 242 g/mol. The lowest BCUT2D eigenvalue weighted by molar-refractivity contribution is 0.316. The molecule has 5 nitrogen and oxygen atoms in total. The van der Waals surface area contributed by atoms with Crippen molar-refractivity contribution in [2.45, 2.75) is 13.3 Å². The third kappa shape index (κ3) is 2.90. The molecule has 0 N–H and O–H groups in total. The van der Waals surface area contributed by atoms with Gasteiger partial charge < -0.3 is 4.74 Å². The van der Waals surface area contributed by atoms with E-state index in [9.17, 15) is 0 Å². The van der Waals surface area contributed by atoms with Crippen LogP contribution in [-0.2, 0) is 0 Å². The van der Waals surface area contributed by atoms with Gasteiger partial charge in [0, 0.05) is 22.5 Å². The van der Waals surface area contributed by atoms with Crippen molar-refractivity contribution in [1.82, 2.24) is 4.98 Å². The minimum Gasteiger partial charge on any atom is -0.491 e. The summed E-state index contributed by atoms with van der Waals surface area (Å²) in [6.07, 6.45) is 0.701. The summed E-state index contributed by atoms with van der Waals surface area (Å²) in [6, 6.07) is 9.87. The second-order valence-electron chi connectivity index (χ2n) is 3.94. The summed E-state index contributed by atoms with van der Waals surface area (Å²) < 4.78 is 5.68. The zero-order chi connectivity index (χ0) is 12.8. The Morgan fingerprint density at radius 3 is 3.06 bits per heavy atom. The van der Waals surface area contributed by atoms with Crippen LogP contribution in [0.5, 0.6) is 5.75 Å². The van der Waals surface area contributed by atoms with Gasteiger partial charge in [-0.15, -0.1) is 0 Å². The van der Waals surface area contributed by atoms with Crippen molar-refractivity contribution in [3.63, 3.8) is 0 Å². The molecule has 0 aliphatic carbocycles. The largest absolute Gasteiger partial charge is 0.491 e. The lowest BCUT2D eigenvalue weighted by Crippen LogP contribution is -2.00. The first-order valence-electron chi connectivity index (χ1n) is 5.81. The third-order valence-corrected chi connectivity index (χ3v) is 2.55. The number of aryl methyl sites for hydroxylation is 1. The fourth-order valence-electron chi connectivity index (χ4n) is 1.70. The molecule has 18 heavy (non-hydrogen) atoms. The molecule has 0 saturated carbocycles. The number of hydrogen-bond acceptors (Lipinski definition) is 3. The highest BCUT2D eigenvalue weighted by Gasteiger charge is 2.03. The molecule has 0 spiro atoms. The van der Waals surface area contributed by atoms with Crippen LogP contribution in [0.15, 0.2) is 35.4 Å². The van der Waals surface area contributed by atoms with Gasteiger partial charge in [-0.2, -0.15) is 0 Å². The fraction of sp³-hybridized carbons (Fsp3) is 0.308. The molecular formula is C13H14N4O. The van der Waals surface area contributed by atoms with Crippen LogP contribution >= 0.6 is 0 Å². The molecule has 0 unspecified atom stereocenters. The molecule has 5 heteroatoms. The highest BCUT2D eigenvalue weighted by atomic mass is 16.5. The number of hydrogen-bond donors (Lipinski definition) is 0. The summed E-state index contributed by atoms with van der Waals surface area (Å²) in [5.41, 5.74) is 10.0. The minimum atomic E-state index is 0.452. The number of azide groups is 1. The van der Waals surface area contributed by atoms with Gasteiger partial charge in [-0.05, 0) is 31.0 Å². The Morgan fingerprint density at radius 2 is 2.22 bits per heavy atom. The van der Waals surface area contributed by atoms with Gasteiger partial charge in [-0.25, -0.2) is 4.98 Å². The maximum absolute atomic E-state index is 8.16. The van der Waals surface area contributed by atoms with E-state index in [-0.39, 0.29) is 0 Å². The van der Waals surface area contributed by atoms with Crippen molar-refractivity contribution in [3.8, 4) is 5.75 Å². The maximum Gasteiger partial charge on any atom is 0.145 e. The van der Waals surface area contributed by atoms with E-state index in [1.54, 1.807) is 0 Å². The number of fused-ring (bicyclic) bond motifs is 1. The van der Waals surface area contributed by atoms with Crippen molar-refractivity contribution < 1.29 is 4.74 Å². The molecule has 0 aliphatic rings. The molecule has 0 bridgehead atoms. The summed E-state index contributed by atoms with van der Waals surface area (Å²) >= 11 is 0. The van der Waals surface area contributed by atoms with Crippen molar-refractivity contribution in [2.75, 3.05) is 13.2 Å². The number of nitrogens with zero attached hydrogens (tertiary/aromatic N) is 4. The summed E-state index contributed by atoms with van der Waals surface area (Å²) in [7, 11) is 0. The third-order valence-electron chi connectivity index (χ3n) is 2.55. The molecule has 0 fully saturated rings. The Hall–Kier alpha value is -2.26. The molecule has 0 amide bonds. The number of rotatable bonds is 5. The van der Waals surface area contributed by atoms with Crippen LogP contribution in [0.25, 0.3) is 21.3 Å². The monoisotopic (exact) mass is 242 g/mol. The van der Waals surface area contributed by atoms with Crippen LogP contribution in [-0.4, -0.2) is 18.1 Å². The molecular weight excluding hydrogens is 228 g/mol. The van der Waals surface area contributed by atoms with E-state index in [4.69, 9.17) is 10.3 Å². The molecule has 92 valence electrons. The number of pyridine rings is 1. The van der Waals surface area contributed by atoms with Crippen LogP contribution in [0, 0.1) is 6.92 Å². The quantitative estimate of drug-likeness (QED) is 0.347. The Labute approximate surface area is 105 Å². The van der Waals surface area contributed by atoms with Crippen LogP contribution in [0.1, 0.15) is 12.1 Å². The number of aromatic nitrogens is 1. The first kappa shape index (κ1) is 12.2. The molecule has 1 aromatic carbocycles. The fourth-order valence-corrected chi connectivity index (χ4v) is 1.70. The molecule has 2 rings (SSSR count). The zero-order valence-electron chi connectivity index (χ0n) is 10.2. The van der Waals surface area contributed by atoms with Crippen molar-refractivity contribution in [3.05, 3.63) is 46.5 Å². The molecule has 1 aromatic heterocycles. The van der Waals surface area contributed by atoms with Crippen LogP contribution in [0.3, 0.4) is 0 Å². The van der Waals surface area contributed by atoms with E-state index in [0.29, 0.717) is 19.6 Å². The maximum atomic E-state index is 8.16. The molecule has 0 atom stereocenters. The SMILES string of the molecule is Cc1ccc2cccc(OCCCN=[N+]=[N-])c2n1. The molecule has 0 aliphatic heterocycles. The normalized spacial score (nSPS) is 10.1. The lowest BCUT2D eigenvalue weighted by Gasteiger charge is -2.08. The minimum absolute atomic E-state index is 0.452. The zero-order valence-corrected chi connectivity index (χ0v) is 10.2. The lowest BCUT2D eigenvalue weighted by atomic mass is 10.2. The summed E-state index contributed by atoms with van der Waals surface area (Å²) in [5, 5.41) is 4.53. The summed E-state index contributed by atoms with van der Waals surface area (Å²) in [4.78, 5) is 7.18. The molecule has 0 radical (unpaired) electrons. The highest BCUT2D eigenvalue weighted by Crippen LogP contribution is 2.23. The standard InChI is InChI=1S/C13H14N4O/c1-10-6-7-11-4-2-5-12(13(11)16-10)18-9-3-8-15-17-14/h2,4-7H,3,8-9H2,1H3.